The van der Waals surface area contributed by atoms with Crippen molar-refractivity contribution in [2.45, 2.75) is 32.6 Å². The minimum atomic E-state index is -4.38. The summed E-state index contributed by atoms with van der Waals surface area (Å²) in [5.41, 5.74) is -0.530. The Bertz CT molecular complexity index is 458. The van der Waals surface area contributed by atoms with Gasteiger partial charge in [0.2, 0.25) is 5.91 Å². The van der Waals surface area contributed by atoms with Crippen molar-refractivity contribution in [3.63, 3.8) is 0 Å². The second kappa shape index (κ2) is 6.74. The van der Waals surface area contributed by atoms with E-state index in [9.17, 15) is 18.0 Å². The lowest BCUT2D eigenvalue weighted by molar-refractivity contribution is -0.138. The Balaban J connectivity index is 2.61. The van der Waals surface area contributed by atoms with Gasteiger partial charge in [0.05, 0.1) is 12.1 Å². The van der Waals surface area contributed by atoms with E-state index in [4.69, 9.17) is 0 Å². The molecule has 0 aliphatic heterocycles. The number of hydrogen-bond acceptors (Lipinski definition) is 2. The molecule has 3 nitrogen and oxygen atoms in total. The summed E-state index contributed by atoms with van der Waals surface area (Å²) < 4.78 is 38.3. The Hall–Kier alpha value is -1.56. The van der Waals surface area contributed by atoms with Gasteiger partial charge < -0.3 is 10.2 Å². The van der Waals surface area contributed by atoms with Crippen LogP contribution in [0.15, 0.2) is 24.3 Å². The van der Waals surface area contributed by atoms with E-state index in [2.05, 4.69) is 5.32 Å². The Labute approximate surface area is 116 Å². The van der Waals surface area contributed by atoms with Crippen molar-refractivity contribution < 1.29 is 18.0 Å². The third-order valence-electron chi connectivity index (χ3n) is 3.08. The first-order chi connectivity index (χ1) is 9.23. The molecule has 0 bridgehead atoms. The first kappa shape index (κ1) is 16.5. The number of alkyl halides is 3. The van der Waals surface area contributed by atoms with Gasteiger partial charge in [0.15, 0.2) is 0 Å². The summed E-state index contributed by atoms with van der Waals surface area (Å²) >= 11 is 0. The maximum Gasteiger partial charge on any atom is 0.416 e. The van der Waals surface area contributed by atoms with Gasteiger partial charge in [0.25, 0.3) is 0 Å². The lowest BCUT2D eigenvalue weighted by Crippen LogP contribution is -2.39. The molecule has 0 aliphatic rings. The molecule has 1 amide bonds. The lowest BCUT2D eigenvalue weighted by Gasteiger charge is -2.21. The van der Waals surface area contributed by atoms with Crippen molar-refractivity contribution in [1.29, 1.82) is 0 Å². The minimum absolute atomic E-state index is 0.00730. The standard InChI is InChI=1S/C14H19F3N2O/c1-10(2)19(3)13(20)9-18-8-11-6-4-5-7-12(11)14(15,16)17/h4-7,10,18H,8-9H2,1-3H3. The van der Waals surface area contributed by atoms with Crippen LogP contribution in [-0.4, -0.2) is 30.4 Å². The first-order valence-corrected chi connectivity index (χ1v) is 6.35. The molecule has 0 spiro atoms. The lowest BCUT2D eigenvalue weighted by atomic mass is 10.1. The van der Waals surface area contributed by atoms with Gasteiger partial charge in [-0.1, -0.05) is 18.2 Å². The van der Waals surface area contributed by atoms with Crippen LogP contribution >= 0.6 is 0 Å². The highest BCUT2D eigenvalue weighted by molar-refractivity contribution is 5.78. The van der Waals surface area contributed by atoms with E-state index >= 15 is 0 Å². The molecular weight excluding hydrogens is 269 g/mol. The molecule has 1 aromatic carbocycles. The van der Waals surface area contributed by atoms with Crippen molar-refractivity contribution in [3.8, 4) is 0 Å². The average Bonchev–Trinajstić information content (AvgIpc) is 2.37. The fourth-order valence-electron chi connectivity index (χ4n) is 1.67. The van der Waals surface area contributed by atoms with Crippen LogP contribution in [0, 0.1) is 0 Å². The fraction of sp³-hybridized carbons (Fsp3) is 0.500. The Kier molecular flexibility index (Phi) is 5.56. The first-order valence-electron chi connectivity index (χ1n) is 6.35. The van der Waals surface area contributed by atoms with Gasteiger partial charge in [-0.2, -0.15) is 13.2 Å². The van der Waals surface area contributed by atoms with Crippen molar-refractivity contribution in [2.24, 2.45) is 0 Å². The molecule has 1 rings (SSSR count). The average molecular weight is 288 g/mol. The summed E-state index contributed by atoms with van der Waals surface area (Å²) in [6.45, 7) is 3.77. The molecule has 0 unspecified atom stereocenters. The van der Waals surface area contributed by atoms with Gasteiger partial charge in [0.1, 0.15) is 0 Å². The van der Waals surface area contributed by atoms with E-state index in [1.807, 2.05) is 13.8 Å². The largest absolute Gasteiger partial charge is 0.416 e. The molecule has 6 heteroatoms. The number of carbonyl (C=O) groups is 1. The highest BCUT2D eigenvalue weighted by Gasteiger charge is 2.32. The molecule has 0 heterocycles. The van der Waals surface area contributed by atoms with E-state index in [0.29, 0.717) is 0 Å². The third kappa shape index (κ3) is 4.52. The van der Waals surface area contributed by atoms with Crippen LogP contribution in [-0.2, 0) is 17.5 Å². The van der Waals surface area contributed by atoms with Gasteiger partial charge >= 0.3 is 6.18 Å². The SMILES string of the molecule is CC(C)N(C)C(=O)CNCc1ccccc1C(F)(F)F. The van der Waals surface area contributed by atoms with Crippen LogP contribution in [0.5, 0.6) is 0 Å². The van der Waals surface area contributed by atoms with E-state index in [-0.39, 0.29) is 30.6 Å². The number of likely N-dealkylation sites (N-methyl/N-ethyl adjacent to an activating group) is 1. The predicted molar refractivity (Wildman–Crippen MR) is 71.1 cm³/mol. The summed E-state index contributed by atoms with van der Waals surface area (Å²) in [6, 6.07) is 5.41. The normalized spacial score (nSPS) is 11.8. The van der Waals surface area contributed by atoms with E-state index in [1.165, 1.54) is 12.1 Å². The quantitative estimate of drug-likeness (QED) is 0.903. The Morgan fingerprint density at radius 3 is 2.45 bits per heavy atom. The van der Waals surface area contributed by atoms with Crippen LogP contribution in [0.3, 0.4) is 0 Å². The molecule has 0 fully saturated rings. The summed E-state index contributed by atoms with van der Waals surface area (Å²) in [7, 11) is 1.67. The number of nitrogens with one attached hydrogen (secondary N) is 1. The number of rotatable bonds is 5. The van der Waals surface area contributed by atoms with Gasteiger partial charge in [-0.05, 0) is 25.5 Å². The van der Waals surface area contributed by atoms with E-state index in [1.54, 1.807) is 18.0 Å². The van der Waals surface area contributed by atoms with Crippen molar-refractivity contribution >= 4 is 5.91 Å². The van der Waals surface area contributed by atoms with Crippen LogP contribution in [0.2, 0.25) is 0 Å². The van der Waals surface area contributed by atoms with E-state index in [0.717, 1.165) is 6.07 Å². The summed E-state index contributed by atoms with van der Waals surface area (Å²) in [6.07, 6.45) is -4.38. The third-order valence-corrected chi connectivity index (χ3v) is 3.08. The smallest absolute Gasteiger partial charge is 0.342 e. The predicted octanol–water partition coefficient (Wildman–Crippen LogP) is 2.66. The van der Waals surface area contributed by atoms with Crippen LogP contribution in [0.25, 0.3) is 0 Å². The number of halogens is 3. The fourth-order valence-corrected chi connectivity index (χ4v) is 1.67. The zero-order valence-electron chi connectivity index (χ0n) is 11.8. The summed E-state index contributed by atoms with van der Waals surface area (Å²) in [5, 5.41) is 2.76. The Morgan fingerprint density at radius 2 is 1.90 bits per heavy atom. The van der Waals surface area contributed by atoms with Gasteiger partial charge in [-0.3, -0.25) is 4.79 Å². The Morgan fingerprint density at radius 1 is 1.30 bits per heavy atom. The molecular formula is C14H19F3N2O. The van der Waals surface area contributed by atoms with Crippen molar-refractivity contribution in [3.05, 3.63) is 35.4 Å². The van der Waals surface area contributed by atoms with Crippen LogP contribution in [0.4, 0.5) is 13.2 Å². The number of benzene rings is 1. The molecule has 0 saturated carbocycles. The molecule has 0 aliphatic carbocycles. The van der Waals surface area contributed by atoms with Gasteiger partial charge in [-0.15, -0.1) is 0 Å². The monoisotopic (exact) mass is 288 g/mol. The van der Waals surface area contributed by atoms with E-state index < -0.39 is 11.7 Å². The van der Waals surface area contributed by atoms with Crippen LogP contribution < -0.4 is 5.32 Å². The molecule has 0 aromatic heterocycles. The van der Waals surface area contributed by atoms with Gasteiger partial charge in [0, 0.05) is 19.6 Å². The zero-order valence-corrected chi connectivity index (χ0v) is 11.8. The summed E-state index contributed by atoms with van der Waals surface area (Å²) in [4.78, 5) is 13.2. The van der Waals surface area contributed by atoms with Crippen molar-refractivity contribution in [1.82, 2.24) is 10.2 Å². The van der Waals surface area contributed by atoms with Crippen LogP contribution in [0.1, 0.15) is 25.0 Å². The molecule has 20 heavy (non-hydrogen) atoms. The molecule has 0 saturated heterocycles. The highest BCUT2D eigenvalue weighted by atomic mass is 19.4. The maximum atomic E-state index is 12.8. The number of hydrogen-bond donors (Lipinski definition) is 1. The zero-order chi connectivity index (χ0) is 15.3. The number of amides is 1. The molecule has 1 N–H and O–H groups in total. The highest BCUT2D eigenvalue weighted by Crippen LogP contribution is 2.31. The molecule has 1 aromatic rings. The number of nitrogens with zero attached hydrogens (tertiary/aromatic N) is 1. The molecule has 112 valence electrons. The summed E-state index contributed by atoms with van der Waals surface area (Å²) in [5.74, 6) is -0.149. The topological polar surface area (TPSA) is 32.3 Å². The maximum absolute atomic E-state index is 12.8. The number of carbonyl (C=O) groups excluding carboxylic acids is 1. The molecule has 0 radical (unpaired) electrons. The second-order valence-corrected chi connectivity index (χ2v) is 4.86. The minimum Gasteiger partial charge on any atom is -0.342 e. The molecule has 0 atom stereocenters. The second-order valence-electron chi connectivity index (χ2n) is 4.86. The van der Waals surface area contributed by atoms with Crippen molar-refractivity contribution in [2.75, 3.05) is 13.6 Å². The van der Waals surface area contributed by atoms with Gasteiger partial charge in [-0.25, -0.2) is 0 Å².